The van der Waals surface area contributed by atoms with Crippen LogP contribution in [-0.2, 0) is 15.8 Å². The van der Waals surface area contributed by atoms with Crippen LogP contribution < -0.4 is 0 Å². The summed E-state index contributed by atoms with van der Waals surface area (Å²) in [7, 11) is 0. The fourth-order valence-electron chi connectivity index (χ4n) is 5.31. The lowest BCUT2D eigenvalue weighted by Gasteiger charge is -2.40. The summed E-state index contributed by atoms with van der Waals surface area (Å²) in [6.07, 6.45) is 2.54. The molecule has 0 bridgehead atoms. The van der Waals surface area contributed by atoms with Gasteiger partial charge >= 0.3 is 6.18 Å². The Hall–Kier alpha value is -3.34. The summed E-state index contributed by atoms with van der Waals surface area (Å²) in [4.78, 5) is 29.4. The molecule has 7 nitrogen and oxygen atoms in total. The van der Waals surface area contributed by atoms with E-state index in [-0.39, 0.29) is 17.9 Å². The van der Waals surface area contributed by atoms with E-state index in [0.29, 0.717) is 61.3 Å². The Bertz CT molecular complexity index is 1350. The van der Waals surface area contributed by atoms with Gasteiger partial charge in [-0.1, -0.05) is 80.8 Å². The van der Waals surface area contributed by atoms with Gasteiger partial charge in [0.1, 0.15) is 0 Å². The number of unbranched alkanes of at least 4 members (excludes halogenated alkanes) is 4. The summed E-state index contributed by atoms with van der Waals surface area (Å²) in [5.74, 6) is 1.21. The minimum Gasteiger partial charge on any atom is -0.339 e. The number of aromatic nitrogens is 3. The van der Waals surface area contributed by atoms with E-state index in [0.717, 1.165) is 37.0 Å². The van der Waals surface area contributed by atoms with Crippen LogP contribution in [0.3, 0.4) is 0 Å². The third kappa shape index (κ3) is 8.84. The number of rotatable bonds is 13. The number of amides is 2. The van der Waals surface area contributed by atoms with Crippen LogP contribution in [0.5, 0.6) is 0 Å². The number of halogens is 3. The molecular weight excluding hydrogens is 575 g/mol. The maximum absolute atomic E-state index is 13.5. The number of carbonyl (C=O) groups excluding carboxylic acids is 2. The predicted octanol–water partition coefficient (Wildman–Crippen LogP) is 7.25. The normalized spacial score (nSPS) is 15.6. The number of alkyl halides is 3. The van der Waals surface area contributed by atoms with Gasteiger partial charge in [-0.25, -0.2) is 0 Å². The van der Waals surface area contributed by atoms with Gasteiger partial charge in [-0.3, -0.25) is 14.2 Å². The first-order chi connectivity index (χ1) is 20.7. The smallest absolute Gasteiger partial charge is 0.339 e. The van der Waals surface area contributed by atoms with Crippen LogP contribution in [0, 0.1) is 0 Å². The molecule has 1 atom stereocenters. The number of nitrogens with zero attached hydrogens (tertiary/aromatic N) is 5. The highest BCUT2D eigenvalue weighted by Gasteiger charge is 2.31. The van der Waals surface area contributed by atoms with Crippen LogP contribution in [0.2, 0.25) is 0 Å². The Labute approximate surface area is 255 Å². The molecule has 1 aliphatic heterocycles. The number of carbonyl (C=O) groups is 2. The molecule has 0 radical (unpaired) electrons. The van der Waals surface area contributed by atoms with E-state index in [1.807, 2.05) is 47.1 Å². The molecule has 1 unspecified atom stereocenters. The van der Waals surface area contributed by atoms with Crippen LogP contribution in [-0.4, -0.2) is 67.8 Å². The van der Waals surface area contributed by atoms with Crippen LogP contribution in [0.15, 0.2) is 59.8 Å². The van der Waals surface area contributed by atoms with Crippen molar-refractivity contribution in [1.82, 2.24) is 24.6 Å². The first-order valence-electron chi connectivity index (χ1n) is 15.1. The largest absolute Gasteiger partial charge is 0.416 e. The van der Waals surface area contributed by atoms with Crippen molar-refractivity contribution >= 4 is 23.6 Å². The van der Waals surface area contributed by atoms with E-state index in [4.69, 9.17) is 0 Å². The predicted molar refractivity (Wildman–Crippen MR) is 163 cm³/mol. The molecule has 2 heterocycles. The Balaban J connectivity index is 1.33. The van der Waals surface area contributed by atoms with Gasteiger partial charge in [-0.15, -0.1) is 10.2 Å². The summed E-state index contributed by atoms with van der Waals surface area (Å²) >= 11 is 1.36. The monoisotopic (exact) mass is 615 g/mol. The van der Waals surface area contributed by atoms with Crippen LogP contribution >= 0.6 is 11.8 Å². The average molecular weight is 616 g/mol. The average Bonchev–Trinajstić information content (AvgIpc) is 3.43. The second-order valence-corrected chi connectivity index (χ2v) is 12.0. The second kappa shape index (κ2) is 15.4. The zero-order chi connectivity index (χ0) is 30.8. The summed E-state index contributed by atoms with van der Waals surface area (Å²) in [5, 5.41) is 9.07. The third-order valence-electron chi connectivity index (χ3n) is 7.66. The molecule has 2 aromatic carbocycles. The van der Waals surface area contributed by atoms with Crippen molar-refractivity contribution in [1.29, 1.82) is 0 Å². The van der Waals surface area contributed by atoms with Gasteiger partial charge in [0, 0.05) is 49.8 Å². The number of hydrogen-bond donors (Lipinski definition) is 0. The van der Waals surface area contributed by atoms with Gasteiger partial charge in [-0.05, 0) is 38.0 Å². The molecule has 1 saturated heterocycles. The molecule has 3 aromatic rings. The molecule has 43 heavy (non-hydrogen) atoms. The highest BCUT2D eigenvalue weighted by atomic mass is 32.2. The minimum atomic E-state index is -4.48. The fraction of sp³-hybridized carbons (Fsp3) is 0.500. The van der Waals surface area contributed by atoms with Gasteiger partial charge in [0.05, 0.1) is 11.3 Å². The van der Waals surface area contributed by atoms with Gasteiger partial charge < -0.3 is 9.80 Å². The zero-order valence-corrected chi connectivity index (χ0v) is 25.7. The molecule has 232 valence electrons. The van der Waals surface area contributed by atoms with Gasteiger partial charge in [0.25, 0.3) is 0 Å². The fourth-order valence-corrected chi connectivity index (χ4v) is 6.21. The molecular formula is C32H40F3N5O2S. The molecule has 0 N–H and O–H groups in total. The van der Waals surface area contributed by atoms with Crippen molar-refractivity contribution in [3.8, 4) is 17.1 Å². The maximum atomic E-state index is 13.5. The van der Waals surface area contributed by atoms with Crippen LogP contribution in [0.25, 0.3) is 17.1 Å². The molecule has 1 fully saturated rings. The molecule has 0 saturated carbocycles. The van der Waals surface area contributed by atoms with E-state index in [1.165, 1.54) is 30.7 Å². The Morgan fingerprint density at radius 1 is 0.907 bits per heavy atom. The first-order valence-corrected chi connectivity index (χ1v) is 16.1. The van der Waals surface area contributed by atoms with Gasteiger partial charge in [0.15, 0.2) is 11.0 Å². The maximum Gasteiger partial charge on any atom is 0.416 e. The summed E-state index contributed by atoms with van der Waals surface area (Å²) in [6.45, 7) is 5.78. The van der Waals surface area contributed by atoms with Crippen LogP contribution in [0.4, 0.5) is 13.2 Å². The SMILES string of the molecule is CCCCCCCC(=O)N1CCN(C(=O)CCCSc2nnc(-c3ccccc3)n2-c2cccc(C(F)(F)F)c2)CC1C. The molecule has 11 heteroatoms. The van der Waals surface area contributed by atoms with Crippen LogP contribution in [0.1, 0.15) is 70.8 Å². The van der Waals surface area contributed by atoms with Gasteiger partial charge in [0.2, 0.25) is 11.8 Å². The third-order valence-corrected chi connectivity index (χ3v) is 8.67. The molecule has 4 rings (SSSR count). The topological polar surface area (TPSA) is 71.3 Å². The zero-order valence-electron chi connectivity index (χ0n) is 24.9. The highest BCUT2D eigenvalue weighted by Crippen LogP contribution is 2.33. The van der Waals surface area contributed by atoms with Crippen molar-refractivity contribution in [3.05, 3.63) is 60.2 Å². The summed E-state index contributed by atoms with van der Waals surface area (Å²) in [5.41, 5.74) is 0.305. The van der Waals surface area contributed by atoms with Crippen molar-refractivity contribution in [2.45, 2.75) is 82.6 Å². The summed E-state index contributed by atoms with van der Waals surface area (Å²) < 4.78 is 42.1. The Kier molecular flexibility index (Phi) is 11.7. The van der Waals surface area contributed by atoms with E-state index in [2.05, 4.69) is 17.1 Å². The molecule has 0 spiro atoms. The number of thioether (sulfide) groups is 1. The highest BCUT2D eigenvalue weighted by molar-refractivity contribution is 7.99. The number of piperazine rings is 1. The lowest BCUT2D eigenvalue weighted by molar-refractivity contribution is -0.142. The van der Waals surface area contributed by atoms with Gasteiger partial charge in [-0.2, -0.15) is 13.2 Å². The molecule has 1 aromatic heterocycles. The Morgan fingerprint density at radius 3 is 2.37 bits per heavy atom. The number of benzene rings is 2. The van der Waals surface area contributed by atoms with Crippen molar-refractivity contribution < 1.29 is 22.8 Å². The van der Waals surface area contributed by atoms with E-state index in [1.54, 1.807) is 10.6 Å². The second-order valence-electron chi connectivity index (χ2n) is 10.9. The Morgan fingerprint density at radius 2 is 1.65 bits per heavy atom. The minimum absolute atomic E-state index is 0.0161. The molecule has 1 aliphatic rings. The lowest BCUT2D eigenvalue weighted by atomic mass is 10.1. The van der Waals surface area contributed by atoms with Crippen molar-refractivity contribution in [2.75, 3.05) is 25.4 Å². The standard InChI is InChI=1S/C32H40F3N5O2S/c1-3-4-5-6-10-17-29(42)39-20-19-38(23-24(39)2)28(41)18-12-21-43-31-37-36-30(25-13-8-7-9-14-25)40(31)27-16-11-15-26(22-27)32(33,34)35/h7-9,11,13-16,22,24H,3-6,10,12,17-21,23H2,1-2H3. The molecule has 0 aliphatic carbocycles. The van der Waals surface area contributed by atoms with Crippen molar-refractivity contribution in [3.63, 3.8) is 0 Å². The van der Waals surface area contributed by atoms with E-state index < -0.39 is 11.7 Å². The molecule has 2 amide bonds. The first kappa shape index (κ1) is 32.6. The van der Waals surface area contributed by atoms with E-state index >= 15 is 0 Å². The quantitative estimate of drug-likeness (QED) is 0.150. The lowest BCUT2D eigenvalue weighted by Crippen LogP contribution is -2.55. The van der Waals surface area contributed by atoms with Crippen molar-refractivity contribution in [2.24, 2.45) is 0 Å². The number of hydrogen-bond acceptors (Lipinski definition) is 5. The summed E-state index contributed by atoms with van der Waals surface area (Å²) in [6, 6.07) is 14.3. The van der Waals surface area contributed by atoms with E-state index in [9.17, 15) is 22.8 Å².